The molecule has 0 saturated carbocycles. The number of aromatic nitrogens is 1. The SMILES string of the molecule is CC(C)(N)C(=O)Nc1ncc(Cc2ccccc2)s1. The van der Waals surface area contributed by atoms with Crippen molar-refractivity contribution in [1.82, 2.24) is 4.98 Å². The lowest BCUT2D eigenvalue weighted by Crippen LogP contribution is -2.45. The molecule has 0 aliphatic carbocycles. The molecule has 0 unspecified atom stereocenters. The van der Waals surface area contributed by atoms with Crippen molar-refractivity contribution in [2.75, 3.05) is 5.32 Å². The second kappa shape index (κ2) is 5.50. The van der Waals surface area contributed by atoms with Crippen LogP contribution in [0.4, 0.5) is 5.13 Å². The molecule has 2 rings (SSSR count). The van der Waals surface area contributed by atoms with Gasteiger partial charge in [0.05, 0.1) is 5.54 Å². The van der Waals surface area contributed by atoms with E-state index in [-0.39, 0.29) is 5.91 Å². The average molecular weight is 275 g/mol. The number of thiazole rings is 1. The Morgan fingerprint density at radius 2 is 2.05 bits per heavy atom. The van der Waals surface area contributed by atoms with Crippen LogP contribution in [0.3, 0.4) is 0 Å². The van der Waals surface area contributed by atoms with Gasteiger partial charge >= 0.3 is 0 Å². The van der Waals surface area contributed by atoms with Crippen molar-refractivity contribution >= 4 is 22.4 Å². The first-order valence-electron chi connectivity index (χ1n) is 6.04. The topological polar surface area (TPSA) is 68.0 Å². The summed E-state index contributed by atoms with van der Waals surface area (Å²) >= 11 is 1.47. The second-order valence-corrected chi connectivity index (χ2v) is 6.09. The number of hydrogen-bond acceptors (Lipinski definition) is 4. The van der Waals surface area contributed by atoms with Crippen LogP contribution in [0.1, 0.15) is 24.3 Å². The number of carbonyl (C=O) groups excluding carboxylic acids is 1. The highest BCUT2D eigenvalue weighted by atomic mass is 32.1. The van der Waals surface area contributed by atoms with Crippen LogP contribution in [-0.2, 0) is 11.2 Å². The molecule has 0 spiro atoms. The Labute approximate surface area is 116 Å². The normalized spacial score (nSPS) is 11.3. The molecule has 0 aliphatic heterocycles. The van der Waals surface area contributed by atoms with Crippen molar-refractivity contribution in [2.45, 2.75) is 25.8 Å². The fraction of sp³-hybridized carbons (Fsp3) is 0.286. The summed E-state index contributed by atoms with van der Waals surface area (Å²) in [5, 5.41) is 3.32. The smallest absolute Gasteiger partial charge is 0.245 e. The van der Waals surface area contributed by atoms with E-state index in [1.165, 1.54) is 16.9 Å². The van der Waals surface area contributed by atoms with Gasteiger partial charge in [-0.2, -0.15) is 0 Å². The number of hydrogen-bond donors (Lipinski definition) is 2. The standard InChI is InChI=1S/C14H17N3OS/c1-14(2,15)12(18)17-13-16-9-11(19-13)8-10-6-4-3-5-7-10/h3-7,9H,8,15H2,1-2H3,(H,16,17,18). The third-order valence-electron chi connectivity index (χ3n) is 2.58. The fourth-order valence-electron chi connectivity index (χ4n) is 1.50. The Morgan fingerprint density at radius 1 is 1.37 bits per heavy atom. The van der Waals surface area contributed by atoms with Crippen molar-refractivity contribution in [1.29, 1.82) is 0 Å². The summed E-state index contributed by atoms with van der Waals surface area (Å²) in [7, 11) is 0. The number of carbonyl (C=O) groups is 1. The summed E-state index contributed by atoms with van der Waals surface area (Å²) in [5.41, 5.74) is 6.05. The van der Waals surface area contributed by atoms with E-state index in [0.717, 1.165) is 11.3 Å². The summed E-state index contributed by atoms with van der Waals surface area (Å²) in [6.45, 7) is 3.33. The van der Waals surface area contributed by atoms with Gasteiger partial charge in [-0.05, 0) is 19.4 Å². The molecule has 1 amide bonds. The maximum absolute atomic E-state index is 11.7. The van der Waals surface area contributed by atoms with Crippen LogP contribution in [-0.4, -0.2) is 16.4 Å². The number of benzene rings is 1. The van der Waals surface area contributed by atoms with Gasteiger partial charge in [-0.15, -0.1) is 11.3 Å². The monoisotopic (exact) mass is 275 g/mol. The second-order valence-electron chi connectivity index (χ2n) is 4.97. The Kier molecular flexibility index (Phi) is 3.97. The Hall–Kier alpha value is -1.72. The number of rotatable bonds is 4. The first-order valence-corrected chi connectivity index (χ1v) is 6.86. The van der Waals surface area contributed by atoms with Crippen LogP contribution in [0.2, 0.25) is 0 Å². The van der Waals surface area contributed by atoms with Gasteiger partial charge in [0.1, 0.15) is 0 Å². The molecule has 1 heterocycles. The van der Waals surface area contributed by atoms with Gasteiger partial charge in [-0.1, -0.05) is 30.3 Å². The van der Waals surface area contributed by atoms with E-state index in [1.807, 2.05) is 18.2 Å². The molecule has 0 saturated heterocycles. The molecule has 3 N–H and O–H groups in total. The molecule has 1 aromatic carbocycles. The molecule has 0 bridgehead atoms. The van der Waals surface area contributed by atoms with E-state index < -0.39 is 5.54 Å². The minimum absolute atomic E-state index is 0.229. The molecule has 0 fully saturated rings. The van der Waals surface area contributed by atoms with E-state index >= 15 is 0 Å². The van der Waals surface area contributed by atoms with Crippen LogP contribution < -0.4 is 11.1 Å². The van der Waals surface area contributed by atoms with Crippen molar-refractivity contribution < 1.29 is 4.79 Å². The molecule has 100 valence electrons. The zero-order valence-corrected chi connectivity index (χ0v) is 11.8. The molecule has 1 aromatic heterocycles. The maximum atomic E-state index is 11.7. The van der Waals surface area contributed by atoms with Crippen LogP contribution >= 0.6 is 11.3 Å². The Morgan fingerprint density at radius 3 is 2.68 bits per heavy atom. The number of amides is 1. The number of nitrogens with one attached hydrogen (secondary N) is 1. The number of nitrogens with two attached hydrogens (primary N) is 1. The molecule has 5 heteroatoms. The lowest BCUT2D eigenvalue weighted by atomic mass is 10.1. The lowest BCUT2D eigenvalue weighted by Gasteiger charge is -2.16. The number of nitrogens with zero attached hydrogens (tertiary/aromatic N) is 1. The summed E-state index contributed by atoms with van der Waals surface area (Å²) in [4.78, 5) is 17.0. The van der Waals surface area contributed by atoms with Crippen molar-refractivity contribution in [3.05, 3.63) is 47.0 Å². The van der Waals surface area contributed by atoms with Crippen LogP contribution in [0.5, 0.6) is 0 Å². The third kappa shape index (κ3) is 3.87. The lowest BCUT2D eigenvalue weighted by molar-refractivity contribution is -0.120. The zero-order valence-electron chi connectivity index (χ0n) is 11.0. The predicted octanol–water partition coefficient (Wildman–Crippen LogP) is 2.41. The molecule has 19 heavy (non-hydrogen) atoms. The highest BCUT2D eigenvalue weighted by Crippen LogP contribution is 2.21. The van der Waals surface area contributed by atoms with Gasteiger partial charge in [0.2, 0.25) is 5.91 Å². The molecule has 4 nitrogen and oxygen atoms in total. The predicted molar refractivity (Wildman–Crippen MR) is 78.3 cm³/mol. The van der Waals surface area contributed by atoms with E-state index in [2.05, 4.69) is 22.4 Å². The summed E-state index contributed by atoms with van der Waals surface area (Å²) < 4.78 is 0. The first kappa shape index (κ1) is 13.7. The molecule has 0 radical (unpaired) electrons. The summed E-state index contributed by atoms with van der Waals surface area (Å²) in [6.07, 6.45) is 2.61. The maximum Gasteiger partial charge on any atom is 0.245 e. The van der Waals surface area contributed by atoms with Gasteiger partial charge in [-0.3, -0.25) is 4.79 Å². The van der Waals surface area contributed by atoms with Crippen molar-refractivity contribution in [3.8, 4) is 0 Å². The van der Waals surface area contributed by atoms with E-state index in [4.69, 9.17) is 5.73 Å². The van der Waals surface area contributed by atoms with Gasteiger partial charge in [0.15, 0.2) is 5.13 Å². The fourth-order valence-corrected chi connectivity index (χ4v) is 2.34. The quantitative estimate of drug-likeness (QED) is 0.900. The summed E-state index contributed by atoms with van der Waals surface area (Å²) in [5.74, 6) is -0.229. The highest BCUT2D eigenvalue weighted by molar-refractivity contribution is 7.15. The Bertz CT molecular complexity index is 558. The number of anilines is 1. The molecular weight excluding hydrogens is 258 g/mol. The van der Waals surface area contributed by atoms with Crippen LogP contribution in [0, 0.1) is 0 Å². The largest absolute Gasteiger partial charge is 0.318 e. The van der Waals surface area contributed by atoms with Crippen LogP contribution in [0.15, 0.2) is 36.5 Å². The third-order valence-corrected chi connectivity index (χ3v) is 3.49. The first-order chi connectivity index (χ1) is 8.95. The van der Waals surface area contributed by atoms with E-state index in [0.29, 0.717) is 5.13 Å². The molecule has 2 aromatic rings. The van der Waals surface area contributed by atoms with Crippen molar-refractivity contribution in [2.24, 2.45) is 5.73 Å². The summed E-state index contributed by atoms with van der Waals surface area (Å²) in [6, 6.07) is 10.2. The van der Waals surface area contributed by atoms with Gasteiger partial charge in [0.25, 0.3) is 0 Å². The van der Waals surface area contributed by atoms with E-state index in [9.17, 15) is 4.79 Å². The minimum Gasteiger partial charge on any atom is -0.318 e. The zero-order chi connectivity index (χ0) is 13.9. The van der Waals surface area contributed by atoms with Gasteiger partial charge in [-0.25, -0.2) is 4.98 Å². The highest BCUT2D eigenvalue weighted by Gasteiger charge is 2.22. The van der Waals surface area contributed by atoms with Gasteiger partial charge in [0, 0.05) is 17.5 Å². The molecular formula is C14H17N3OS. The van der Waals surface area contributed by atoms with E-state index in [1.54, 1.807) is 20.0 Å². The van der Waals surface area contributed by atoms with Crippen LogP contribution in [0.25, 0.3) is 0 Å². The minimum atomic E-state index is -0.898. The average Bonchev–Trinajstić information content (AvgIpc) is 2.76. The van der Waals surface area contributed by atoms with Gasteiger partial charge < -0.3 is 11.1 Å². The molecule has 0 aliphatic rings. The van der Waals surface area contributed by atoms with Crippen molar-refractivity contribution in [3.63, 3.8) is 0 Å². The Balaban J connectivity index is 2.02. The molecule has 0 atom stereocenters.